The Bertz CT molecular complexity index is 371. The fourth-order valence-corrected chi connectivity index (χ4v) is 2.91. The van der Waals surface area contributed by atoms with Crippen LogP contribution in [0.4, 0.5) is 0 Å². The molecule has 1 saturated heterocycles. The van der Waals surface area contributed by atoms with Crippen molar-refractivity contribution in [1.29, 1.82) is 0 Å². The molecule has 0 spiro atoms. The van der Waals surface area contributed by atoms with Crippen molar-refractivity contribution in [2.24, 2.45) is 5.92 Å². The zero-order chi connectivity index (χ0) is 11.7. The third kappa shape index (κ3) is 2.28. The standard InChI is InChI=1S/C13H18N2O2/c16-11-5-4-9-7-10(11)12(8-15-9)17-13-3-1-2-6-14-13/h1-3,6,9-12,15-16H,4-5,7-8H2/t9-,10-,11+,12-/m0/s1. The predicted molar refractivity (Wildman–Crippen MR) is 63.8 cm³/mol. The van der Waals surface area contributed by atoms with Crippen molar-refractivity contribution in [1.82, 2.24) is 10.3 Å². The van der Waals surface area contributed by atoms with E-state index in [0.29, 0.717) is 11.9 Å². The molecule has 2 N–H and O–H groups in total. The van der Waals surface area contributed by atoms with Gasteiger partial charge in [-0.25, -0.2) is 4.98 Å². The quantitative estimate of drug-likeness (QED) is 0.800. The minimum atomic E-state index is -0.220. The molecule has 0 radical (unpaired) electrons. The summed E-state index contributed by atoms with van der Waals surface area (Å²) in [5.74, 6) is 0.896. The van der Waals surface area contributed by atoms with Gasteiger partial charge in [0.15, 0.2) is 0 Å². The molecule has 0 aromatic carbocycles. The number of fused-ring (bicyclic) bond motifs is 2. The molecule has 1 aliphatic carbocycles. The zero-order valence-electron chi connectivity index (χ0n) is 9.75. The largest absolute Gasteiger partial charge is 0.473 e. The van der Waals surface area contributed by atoms with E-state index in [4.69, 9.17) is 4.74 Å². The van der Waals surface area contributed by atoms with Crippen LogP contribution in [-0.2, 0) is 0 Å². The summed E-state index contributed by atoms with van der Waals surface area (Å²) < 4.78 is 5.88. The van der Waals surface area contributed by atoms with Crippen molar-refractivity contribution in [2.75, 3.05) is 6.54 Å². The second-order valence-electron chi connectivity index (χ2n) is 4.97. The molecule has 1 aromatic heterocycles. The summed E-state index contributed by atoms with van der Waals surface area (Å²) >= 11 is 0. The van der Waals surface area contributed by atoms with Gasteiger partial charge in [0, 0.05) is 30.8 Å². The summed E-state index contributed by atoms with van der Waals surface area (Å²) in [5, 5.41) is 13.5. The van der Waals surface area contributed by atoms with Crippen molar-refractivity contribution in [3.63, 3.8) is 0 Å². The first-order valence-corrected chi connectivity index (χ1v) is 6.32. The number of rotatable bonds is 2. The number of aromatic nitrogens is 1. The summed E-state index contributed by atoms with van der Waals surface area (Å²) in [6.45, 7) is 0.808. The van der Waals surface area contributed by atoms with Crippen LogP contribution in [0.5, 0.6) is 5.88 Å². The Kier molecular flexibility index (Phi) is 2.99. The van der Waals surface area contributed by atoms with E-state index in [2.05, 4.69) is 10.3 Å². The number of nitrogens with one attached hydrogen (secondary N) is 1. The predicted octanol–water partition coefficient (Wildman–Crippen LogP) is 0.962. The molecule has 0 unspecified atom stereocenters. The molecule has 2 bridgehead atoms. The van der Waals surface area contributed by atoms with Crippen LogP contribution in [0.25, 0.3) is 0 Å². The molecule has 4 heteroatoms. The molecular weight excluding hydrogens is 216 g/mol. The minimum Gasteiger partial charge on any atom is -0.473 e. The van der Waals surface area contributed by atoms with E-state index in [1.54, 1.807) is 6.20 Å². The molecule has 2 fully saturated rings. The number of hydrogen-bond donors (Lipinski definition) is 2. The maximum Gasteiger partial charge on any atom is 0.213 e. The Hall–Kier alpha value is -1.13. The van der Waals surface area contributed by atoms with Crippen LogP contribution in [0.1, 0.15) is 19.3 Å². The molecule has 3 rings (SSSR count). The lowest BCUT2D eigenvalue weighted by atomic mass is 9.77. The number of aliphatic hydroxyl groups is 1. The lowest BCUT2D eigenvalue weighted by Gasteiger charge is -2.43. The number of piperidine rings is 1. The first-order chi connectivity index (χ1) is 8.33. The Labute approximate surface area is 101 Å². The third-order valence-corrected chi connectivity index (χ3v) is 3.86. The number of hydrogen-bond acceptors (Lipinski definition) is 4. The van der Waals surface area contributed by atoms with Crippen molar-refractivity contribution in [3.8, 4) is 5.88 Å². The van der Waals surface area contributed by atoms with Gasteiger partial charge in [0.2, 0.25) is 5.88 Å². The van der Waals surface area contributed by atoms with Crippen LogP contribution in [0.2, 0.25) is 0 Å². The molecule has 2 heterocycles. The summed E-state index contributed by atoms with van der Waals surface area (Å²) in [7, 11) is 0. The topological polar surface area (TPSA) is 54.4 Å². The average Bonchev–Trinajstić information content (AvgIpc) is 2.38. The van der Waals surface area contributed by atoms with Crippen LogP contribution in [-0.4, -0.2) is 34.9 Å². The Balaban J connectivity index is 1.70. The molecule has 0 amide bonds. The zero-order valence-corrected chi connectivity index (χ0v) is 9.75. The highest BCUT2D eigenvalue weighted by molar-refractivity contribution is 5.10. The van der Waals surface area contributed by atoms with Gasteiger partial charge in [-0.2, -0.15) is 0 Å². The smallest absolute Gasteiger partial charge is 0.213 e. The van der Waals surface area contributed by atoms with Gasteiger partial charge in [0.25, 0.3) is 0 Å². The molecule has 92 valence electrons. The Morgan fingerprint density at radius 1 is 1.35 bits per heavy atom. The van der Waals surface area contributed by atoms with Crippen LogP contribution in [0, 0.1) is 5.92 Å². The Morgan fingerprint density at radius 2 is 2.29 bits per heavy atom. The summed E-state index contributed by atoms with van der Waals surface area (Å²) in [6, 6.07) is 6.21. The van der Waals surface area contributed by atoms with Crippen LogP contribution in [0.15, 0.2) is 24.4 Å². The minimum absolute atomic E-state index is 0.0384. The van der Waals surface area contributed by atoms with Gasteiger partial charge < -0.3 is 15.2 Å². The van der Waals surface area contributed by atoms with E-state index in [-0.39, 0.29) is 18.1 Å². The highest BCUT2D eigenvalue weighted by Gasteiger charge is 2.39. The van der Waals surface area contributed by atoms with E-state index >= 15 is 0 Å². The van der Waals surface area contributed by atoms with Crippen molar-refractivity contribution in [3.05, 3.63) is 24.4 Å². The van der Waals surface area contributed by atoms with Crippen LogP contribution < -0.4 is 10.1 Å². The van der Waals surface area contributed by atoms with Gasteiger partial charge >= 0.3 is 0 Å². The Morgan fingerprint density at radius 3 is 3.12 bits per heavy atom. The first-order valence-electron chi connectivity index (χ1n) is 6.32. The molecule has 17 heavy (non-hydrogen) atoms. The molecule has 4 nitrogen and oxygen atoms in total. The number of pyridine rings is 1. The monoisotopic (exact) mass is 234 g/mol. The van der Waals surface area contributed by atoms with E-state index in [1.165, 1.54) is 0 Å². The van der Waals surface area contributed by atoms with Gasteiger partial charge in [-0.1, -0.05) is 6.07 Å². The van der Waals surface area contributed by atoms with Crippen molar-refractivity contribution < 1.29 is 9.84 Å². The highest BCUT2D eigenvalue weighted by Crippen LogP contribution is 2.32. The number of nitrogens with zero attached hydrogens (tertiary/aromatic N) is 1. The van der Waals surface area contributed by atoms with Gasteiger partial charge in [-0.15, -0.1) is 0 Å². The van der Waals surface area contributed by atoms with Gasteiger partial charge in [-0.05, 0) is 25.3 Å². The van der Waals surface area contributed by atoms with Gasteiger partial charge in [-0.3, -0.25) is 0 Å². The molecule has 2 aliphatic rings. The van der Waals surface area contributed by atoms with Crippen LogP contribution >= 0.6 is 0 Å². The number of ether oxygens (including phenoxy) is 1. The maximum atomic E-state index is 10.0. The van der Waals surface area contributed by atoms with Crippen molar-refractivity contribution in [2.45, 2.75) is 37.5 Å². The molecule has 1 saturated carbocycles. The lowest BCUT2D eigenvalue weighted by molar-refractivity contribution is -0.0330. The molecule has 4 atom stereocenters. The first kappa shape index (κ1) is 11.0. The van der Waals surface area contributed by atoms with Gasteiger partial charge in [0.05, 0.1) is 6.10 Å². The second-order valence-corrected chi connectivity index (χ2v) is 4.97. The van der Waals surface area contributed by atoms with E-state index in [1.807, 2.05) is 18.2 Å². The molecule has 1 aliphatic heterocycles. The summed E-state index contributed by atoms with van der Waals surface area (Å²) in [5.41, 5.74) is 0. The highest BCUT2D eigenvalue weighted by atomic mass is 16.5. The van der Waals surface area contributed by atoms with Gasteiger partial charge in [0.1, 0.15) is 6.10 Å². The van der Waals surface area contributed by atoms with Crippen LogP contribution in [0.3, 0.4) is 0 Å². The SMILES string of the molecule is O[C@@H]1CC[C@H]2C[C@@H]1[C@@H](Oc1ccccn1)CN2. The molecular formula is C13H18N2O2. The van der Waals surface area contributed by atoms with E-state index in [0.717, 1.165) is 25.8 Å². The lowest BCUT2D eigenvalue weighted by Crippen LogP contribution is -2.55. The average molecular weight is 234 g/mol. The second kappa shape index (κ2) is 4.63. The fourth-order valence-electron chi connectivity index (χ4n) is 2.91. The van der Waals surface area contributed by atoms with E-state index in [9.17, 15) is 5.11 Å². The molecule has 1 aromatic rings. The summed E-state index contributed by atoms with van der Waals surface area (Å²) in [4.78, 5) is 4.17. The van der Waals surface area contributed by atoms with E-state index < -0.39 is 0 Å². The summed E-state index contributed by atoms with van der Waals surface area (Å²) in [6.07, 6.45) is 4.52. The number of aliphatic hydroxyl groups excluding tert-OH is 1. The normalized spacial score (nSPS) is 36.5. The third-order valence-electron chi connectivity index (χ3n) is 3.86. The fraction of sp³-hybridized carbons (Fsp3) is 0.615. The maximum absolute atomic E-state index is 10.0. The van der Waals surface area contributed by atoms with Crippen molar-refractivity contribution >= 4 is 0 Å².